The summed E-state index contributed by atoms with van der Waals surface area (Å²) in [5.74, 6) is 0.223. The van der Waals surface area contributed by atoms with Gasteiger partial charge in [0, 0.05) is 25.7 Å². The summed E-state index contributed by atoms with van der Waals surface area (Å²) in [4.78, 5) is 5.41. The van der Waals surface area contributed by atoms with Crippen molar-refractivity contribution >= 4 is 9.84 Å². The quantitative estimate of drug-likeness (QED) is 0.827. The highest BCUT2D eigenvalue weighted by molar-refractivity contribution is 7.91. The Morgan fingerprint density at radius 2 is 1.87 bits per heavy atom. The van der Waals surface area contributed by atoms with Crippen LogP contribution in [-0.2, 0) is 9.84 Å². The molecule has 3 rings (SSSR count). The van der Waals surface area contributed by atoms with E-state index in [-0.39, 0.29) is 5.75 Å². The van der Waals surface area contributed by atoms with E-state index in [1.807, 2.05) is 32.0 Å². The van der Waals surface area contributed by atoms with Crippen LogP contribution >= 0.6 is 0 Å². The maximum absolute atomic E-state index is 12.7. The van der Waals surface area contributed by atoms with Gasteiger partial charge in [-0.25, -0.2) is 8.42 Å². The molecule has 0 N–H and O–H groups in total. The molecule has 5 heteroatoms. The first-order chi connectivity index (χ1) is 11.0. The first-order valence-corrected chi connectivity index (χ1v) is 10.4. The third-order valence-corrected chi connectivity index (χ3v) is 6.87. The molecule has 1 aliphatic heterocycles. The third-order valence-electron chi connectivity index (χ3n) is 5.04. The van der Waals surface area contributed by atoms with Gasteiger partial charge in [-0.15, -0.1) is 0 Å². The summed E-state index contributed by atoms with van der Waals surface area (Å²) in [7, 11) is -3.20. The molecular formula is C18H28N2O2S. The lowest BCUT2D eigenvalue weighted by atomic mass is 10.2. The van der Waals surface area contributed by atoms with E-state index < -0.39 is 9.84 Å². The minimum Gasteiger partial charge on any atom is -0.301 e. The lowest BCUT2D eigenvalue weighted by molar-refractivity contribution is 0.256. The Bertz CT molecular complexity index is 653. The van der Waals surface area contributed by atoms with Gasteiger partial charge in [-0.1, -0.05) is 12.1 Å². The molecule has 0 amide bonds. The van der Waals surface area contributed by atoms with Crippen LogP contribution in [0.5, 0.6) is 0 Å². The van der Waals surface area contributed by atoms with Crippen molar-refractivity contribution in [3.05, 3.63) is 29.3 Å². The Labute approximate surface area is 140 Å². The number of nitrogens with zero attached hydrogens (tertiary/aromatic N) is 2. The molecule has 1 aromatic rings. The molecule has 2 aliphatic rings. The molecule has 0 spiro atoms. The van der Waals surface area contributed by atoms with Crippen molar-refractivity contribution in [2.75, 3.05) is 38.5 Å². The molecule has 1 saturated carbocycles. The van der Waals surface area contributed by atoms with Crippen molar-refractivity contribution in [2.45, 2.75) is 44.0 Å². The average Bonchev–Trinajstić information content (AvgIpc) is 3.33. The Morgan fingerprint density at radius 1 is 1.09 bits per heavy atom. The molecule has 0 unspecified atom stereocenters. The smallest absolute Gasteiger partial charge is 0.179 e. The van der Waals surface area contributed by atoms with Crippen LogP contribution in [0, 0.1) is 13.8 Å². The second kappa shape index (κ2) is 6.91. The summed E-state index contributed by atoms with van der Waals surface area (Å²) >= 11 is 0. The third kappa shape index (κ3) is 4.34. The molecule has 1 aliphatic carbocycles. The van der Waals surface area contributed by atoms with Gasteiger partial charge in [0.25, 0.3) is 0 Å². The maximum atomic E-state index is 12.7. The van der Waals surface area contributed by atoms with E-state index in [4.69, 9.17) is 0 Å². The zero-order chi connectivity index (χ0) is 16.4. The zero-order valence-electron chi connectivity index (χ0n) is 14.3. The molecule has 0 radical (unpaired) electrons. The van der Waals surface area contributed by atoms with E-state index in [1.54, 1.807) is 0 Å². The molecule has 4 nitrogen and oxygen atoms in total. The predicted octanol–water partition coefficient (Wildman–Crippen LogP) is 2.25. The normalized spacial score (nSPS) is 21.3. The van der Waals surface area contributed by atoms with Gasteiger partial charge in [0.05, 0.1) is 10.6 Å². The molecule has 1 saturated heterocycles. The molecule has 0 atom stereocenters. The van der Waals surface area contributed by atoms with Crippen molar-refractivity contribution in [3.8, 4) is 0 Å². The fourth-order valence-corrected chi connectivity index (χ4v) is 5.06. The first-order valence-electron chi connectivity index (χ1n) is 8.72. The Kier molecular flexibility index (Phi) is 5.09. The summed E-state index contributed by atoms with van der Waals surface area (Å²) in [6, 6.07) is 6.49. The van der Waals surface area contributed by atoms with Crippen molar-refractivity contribution in [1.29, 1.82) is 0 Å². The predicted molar refractivity (Wildman–Crippen MR) is 93.6 cm³/mol. The molecule has 128 valence electrons. The fraction of sp³-hybridized carbons (Fsp3) is 0.667. The van der Waals surface area contributed by atoms with Gasteiger partial charge in [-0.3, -0.25) is 4.90 Å². The van der Waals surface area contributed by atoms with E-state index in [1.165, 1.54) is 19.4 Å². The van der Waals surface area contributed by atoms with Crippen LogP contribution in [0.15, 0.2) is 23.1 Å². The van der Waals surface area contributed by atoms with E-state index in [9.17, 15) is 8.42 Å². The lowest BCUT2D eigenvalue weighted by Crippen LogP contribution is -2.34. The molecule has 2 fully saturated rings. The highest BCUT2D eigenvalue weighted by Crippen LogP contribution is 2.27. The highest BCUT2D eigenvalue weighted by atomic mass is 32.2. The van der Waals surface area contributed by atoms with Crippen LogP contribution < -0.4 is 0 Å². The molecular weight excluding hydrogens is 308 g/mol. The van der Waals surface area contributed by atoms with Crippen molar-refractivity contribution in [1.82, 2.24) is 9.80 Å². The Balaban J connectivity index is 1.59. The summed E-state index contributed by atoms with van der Waals surface area (Å²) in [5.41, 5.74) is 1.86. The maximum Gasteiger partial charge on any atom is 0.179 e. The van der Waals surface area contributed by atoms with E-state index >= 15 is 0 Å². The minimum atomic E-state index is -3.20. The topological polar surface area (TPSA) is 40.6 Å². The van der Waals surface area contributed by atoms with Crippen molar-refractivity contribution in [3.63, 3.8) is 0 Å². The zero-order valence-corrected chi connectivity index (χ0v) is 15.1. The standard InChI is InChI=1S/C18H28N2O2S/c1-15-4-5-16(2)18(14-15)23(21,22)13-12-19-8-3-9-20(11-10-19)17-6-7-17/h4-5,14,17H,3,6-13H2,1-2H3. The Hall–Kier alpha value is -0.910. The van der Waals surface area contributed by atoms with Gasteiger partial charge in [0.15, 0.2) is 9.84 Å². The van der Waals surface area contributed by atoms with Gasteiger partial charge in [-0.05, 0) is 63.4 Å². The summed E-state index contributed by atoms with van der Waals surface area (Å²) in [6.45, 7) is 8.75. The van der Waals surface area contributed by atoms with Gasteiger partial charge >= 0.3 is 0 Å². The van der Waals surface area contributed by atoms with E-state index in [2.05, 4.69) is 9.80 Å². The summed E-state index contributed by atoms with van der Waals surface area (Å²) < 4.78 is 25.4. The van der Waals surface area contributed by atoms with Crippen LogP contribution in [0.3, 0.4) is 0 Å². The SMILES string of the molecule is Cc1ccc(C)c(S(=O)(=O)CCN2CCCN(C3CC3)CC2)c1. The average molecular weight is 337 g/mol. The summed E-state index contributed by atoms with van der Waals surface area (Å²) in [6.07, 6.45) is 3.85. The van der Waals surface area contributed by atoms with Gasteiger partial charge in [0.2, 0.25) is 0 Å². The largest absolute Gasteiger partial charge is 0.301 e. The van der Waals surface area contributed by atoms with Crippen LogP contribution in [0.25, 0.3) is 0 Å². The van der Waals surface area contributed by atoms with E-state index in [0.717, 1.165) is 43.2 Å². The Morgan fingerprint density at radius 3 is 2.61 bits per heavy atom. The van der Waals surface area contributed by atoms with Crippen molar-refractivity contribution < 1.29 is 8.42 Å². The minimum absolute atomic E-state index is 0.223. The van der Waals surface area contributed by atoms with E-state index in [0.29, 0.717) is 11.4 Å². The molecule has 0 bridgehead atoms. The molecule has 23 heavy (non-hydrogen) atoms. The van der Waals surface area contributed by atoms with Crippen molar-refractivity contribution in [2.24, 2.45) is 0 Å². The fourth-order valence-electron chi connectivity index (χ4n) is 3.42. The number of benzene rings is 1. The molecule has 0 aromatic heterocycles. The van der Waals surface area contributed by atoms with Gasteiger partial charge in [0.1, 0.15) is 0 Å². The first kappa shape index (κ1) is 16.9. The second-order valence-corrected chi connectivity index (χ2v) is 9.13. The second-order valence-electron chi connectivity index (χ2n) is 7.05. The van der Waals surface area contributed by atoms with Crippen LogP contribution in [0.2, 0.25) is 0 Å². The number of sulfone groups is 1. The number of aryl methyl sites for hydroxylation is 2. The number of hydrogen-bond donors (Lipinski definition) is 0. The lowest BCUT2D eigenvalue weighted by Gasteiger charge is -2.21. The molecule has 1 heterocycles. The summed E-state index contributed by atoms with van der Waals surface area (Å²) in [5, 5.41) is 0. The molecule has 1 aromatic carbocycles. The van der Waals surface area contributed by atoms with Crippen LogP contribution in [0.4, 0.5) is 0 Å². The van der Waals surface area contributed by atoms with Crippen LogP contribution in [0.1, 0.15) is 30.4 Å². The van der Waals surface area contributed by atoms with Gasteiger partial charge < -0.3 is 4.90 Å². The van der Waals surface area contributed by atoms with Crippen LogP contribution in [-0.4, -0.2) is 62.7 Å². The highest BCUT2D eigenvalue weighted by Gasteiger charge is 2.30. The van der Waals surface area contributed by atoms with Gasteiger partial charge in [-0.2, -0.15) is 0 Å². The number of rotatable bonds is 5. The monoisotopic (exact) mass is 336 g/mol. The number of hydrogen-bond acceptors (Lipinski definition) is 4.